The molecule has 1 aliphatic rings. The van der Waals surface area contributed by atoms with E-state index in [1.807, 2.05) is 18.3 Å². The Labute approximate surface area is 125 Å². The third-order valence-corrected chi connectivity index (χ3v) is 4.30. The van der Waals surface area contributed by atoms with Gasteiger partial charge in [0.1, 0.15) is 0 Å². The molecule has 0 amide bonds. The predicted molar refractivity (Wildman–Crippen MR) is 83.0 cm³/mol. The molecule has 0 fully saturated rings. The fraction of sp³-hybridized carbons (Fsp3) is 0.353. The summed E-state index contributed by atoms with van der Waals surface area (Å²) < 4.78 is 0. The van der Waals surface area contributed by atoms with Crippen molar-refractivity contribution in [3.8, 4) is 0 Å². The topological polar surface area (TPSA) is 24.9 Å². The van der Waals surface area contributed by atoms with Crippen molar-refractivity contribution < 1.29 is 0 Å². The fourth-order valence-electron chi connectivity index (χ4n) is 2.97. The van der Waals surface area contributed by atoms with Crippen LogP contribution in [0.3, 0.4) is 0 Å². The van der Waals surface area contributed by atoms with Gasteiger partial charge in [0.15, 0.2) is 0 Å². The second-order valence-corrected chi connectivity index (χ2v) is 5.71. The molecule has 3 rings (SSSR count). The number of aromatic nitrogens is 1. The molecule has 1 atom stereocenters. The lowest BCUT2D eigenvalue weighted by Gasteiger charge is -2.15. The molecular weight excluding hydrogens is 268 g/mol. The molecule has 1 aromatic carbocycles. The monoisotopic (exact) mass is 286 g/mol. The first-order valence-electron chi connectivity index (χ1n) is 7.22. The molecule has 1 heterocycles. The van der Waals surface area contributed by atoms with Gasteiger partial charge in [0.25, 0.3) is 0 Å². The maximum absolute atomic E-state index is 6.05. The van der Waals surface area contributed by atoms with E-state index in [1.165, 1.54) is 16.7 Å². The normalized spacial score (nSPS) is 17.2. The van der Waals surface area contributed by atoms with Crippen LogP contribution in [0.15, 0.2) is 36.5 Å². The lowest BCUT2D eigenvalue weighted by molar-refractivity contribution is 0.523. The SMILES string of the molecule is CCc1cccnc1CNC1CCc2cc(Cl)ccc21. The molecule has 2 nitrogen and oxygen atoms in total. The van der Waals surface area contributed by atoms with Gasteiger partial charge in [0, 0.05) is 23.8 Å². The summed E-state index contributed by atoms with van der Waals surface area (Å²) in [6.45, 7) is 3.00. The summed E-state index contributed by atoms with van der Waals surface area (Å²) in [5, 5.41) is 4.48. The number of rotatable bonds is 4. The first kappa shape index (κ1) is 13.6. The van der Waals surface area contributed by atoms with Gasteiger partial charge in [0.05, 0.1) is 5.69 Å². The van der Waals surface area contributed by atoms with E-state index in [1.54, 1.807) is 0 Å². The van der Waals surface area contributed by atoms with Crippen LogP contribution in [0.25, 0.3) is 0 Å². The summed E-state index contributed by atoms with van der Waals surface area (Å²) in [5.41, 5.74) is 5.27. The molecule has 0 radical (unpaired) electrons. The Bertz CT molecular complexity index is 610. The Morgan fingerprint density at radius 3 is 3.10 bits per heavy atom. The van der Waals surface area contributed by atoms with Gasteiger partial charge in [-0.1, -0.05) is 30.7 Å². The highest BCUT2D eigenvalue weighted by atomic mass is 35.5. The minimum atomic E-state index is 0.425. The fourth-order valence-corrected chi connectivity index (χ4v) is 3.17. The zero-order valence-corrected chi connectivity index (χ0v) is 12.5. The van der Waals surface area contributed by atoms with Gasteiger partial charge in [-0.3, -0.25) is 4.98 Å². The third-order valence-electron chi connectivity index (χ3n) is 4.06. The summed E-state index contributed by atoms with van der Waals surface area (Å²) in [6.07, 6.45) is 5.15. The largest absolute Gasteiger partial charge is 0.304 e. The number of pyridine rings is 1. The van der Waals surface area contributed by atoms with Crippen LogP contribution in [0.4, 0.5) is 0 Å². The van der Waals surface area contributed by atoms with Crippen molar-refractivity contribution in [3.63, 3.8) is 0 Å². The smallest absolute Gasteiger partial charge is 0.0573 e. The van der Waals surface area contributed by atoms with Crippen molar-refractivity contribution in [3.05, 3.63) is 63.9 Å². The average molecular weight is 287 g/mol. The molecule has 1 aliphatic carbocycles. The molecule has 0 saturated carbocycles. The van der Waals surface area contributed by atoms with Gasteiger partial charge in [-0.15, -0.1) is 0 Å². The lowest BCUT2D eigenvalue weighted by Crippen LogP contribution is -2.20. The average Bonchev–Trinajstić information content (AvgIpc) is 2.87. The summed E-state index contributed by atoms with van der Waals surface area (Å²) in [4.78, 5) is 4.50. The van der Waals surface area contributed by atoms with E-state index in [4.69, 9.17) is 11.6 Å². The molecule has 0 spiro atoms. The van der Waals surface area contributed by atoms with Crippen molar-refractivity contribution in [2.45, 2.75) is 38.8 Å². The van der Waals surface area contributed by atoms with E-state index >= 15 is 0 Å². The second kappa shape index (κ2) is 5.94. The van der Waals surface area contributed by atoms with Crippen LogP contribution in [0.5, 0.6) is 0 Å². The zero-order chi connectivity index (χ0) is 13.9. The molecule has 2 aromatic rings. The lowest BCUT2D eigenvalue weighted by atomic mass is 10.1. The number of nitrogens with zero attached hydrogens (tertiary/aromatic N) is 1. The van der Waals surface area contributed by atoms with Crippen LogP contribution < -0.4 is 5.32 Å². The molecule has 1 aromatic heterocycles. The van der Waals surface area contributed by atoms with Gasteiger partial charge in [-0.2, -0.15) is 0 Å². The molecule has 3 heteroatoms. The second-order valence-electron chi connectivity index (χ2n) is 5.28. The van der Waals surface area contributed by atoms with Gasteiger partial charge < -0.3 is 5.32 Å². The molecule has 1 unspecified atom stereocenters. The van der Waals surface area contributed by atoms with Crippen LogP contribution in [-0.2, 0) is 19.4 Å². The molecule has 1 N–H and O–H groups in total. The van der Waals surface area contributed by atoms with Gasteiger partial charge >= 0.3 is 0 Å². The number of fused-ring (bicyclic) bond motifs is 1. The maximum atomic E-state index is 6.05. The van der Waals surface area contributed by atoms with E-state index in [2.05, 4.69) is 35.4 Å². The summed E-state index contributed by atoms with van der Waals surface area (Å²) in [6, 6.07) is 10.8. The maximum Gasteiger partial charge on any atom is 0.0573 e. The highest BCUT2D eigenvalue weighted by Crippen LogP contribution is 2.33. The van der Waals surface area contributed by atoms with Gasteiger partial charge in [-0.25, -0.2) is 0 Å². The Balaban J connectivity index is 1.72. The minimum absolute atomic E-state index is 0.425. The minimum Gasteiger partial charge on any atom is -0.304 e. The third kappa shape index (κ3) is 2.72. The van der Waals surface area contributed by atoms with E-state index in [0.29, 0.717) is 6.04 Å². The van der Waals surface area contributed by atoms with Crippen molar-refractivity contribution >= 4 is 11.6 Å². The standard InChI is InChI=1S/C17H19ClN2/c1-2-12-4-3-9-19-17(12)11-20-16-8-5-13-10-14(18)6-7-15(13)16/h3-4,6-7,9-10,16,20H,2,5,8,11H2,1H3. The first-order valence-corrected chi connectivity index (χ1v) is 7.60. The van der Waals surface area contributed by atoms with Crippen LogP contribution in [0.1, 0.15) is 41.8 Å². The Morgan fingerprint density at radius 2 is 2.25 bits per heavy atom. The van der Waals surface area contributed by atoms with Crippen LogP contribution in [0.2, 0.25) is 5.02 Å². The van der Waals surface area contributed by atoms with Crippen molar-refractivity contribution in [2.24, 2.45) is 0 Å². The van der Waals surface area contributed by atoms with Crippen molar-refractivity contribution in [1.82, 2.24) is 10.3 Å². The number of hydrogen-bond donors (Lipinski definition) is 1. The summed E-state index contributed by atoms with van der Waals surface area (Å²) in [5.74, 6) is 0. The van der Waals surface area contributed by atoms with Gasteiger partial charge in [-0.05, 0) is 54.2 Å². The van der Waals surface area contributed by atoms with Crippen molar-refractivity contribution in [1.29, 1.82) is 0 Å². The number of benzene rings is 1. The Hall–Kier alpha value is -1.38. The van der Waals surface area contributed by atoms with Gasteiger partial charge in [0.2, 0.25) is 0 Å². The zero-order valence-electron chi connectivity index (χ0n) is 11.7. The molecule has 104 valence electrons. The predicted octanol–water partition coefficient (Wildman–Crippen LogP) is 4.07. The van der Waals surface area contributed by atoms with E-state index in [0.717, 1.165) is 36.5 Å². The molecule has 20 heavy (non-hydrogen) atoms. The number of halogens is 1. The highest BCUT2D eigenvalue weighted by molar-refractivity contribution is 6.30. The molecular formula is C17H19ClN2. The number of hydrogen-bond acceptors (Lipinski definition) is 2. The van der Waals surface area contributed by atoms with Crippen LogP contribution in [0, 0.1) is 0 Å². The van der Waals surface area contributed by atoms with Crippen molar-refractivity contribution in [2.75, 3.05) is 0 Å². The Morgan fingerprint density at radius 1 is 1.35 bits per heavy atom. The van der Waals surface area contributed by atoms with E-state index < -0.39 is 0 Å². The van der Waals surface area contributed by atoms with E-state index in [9.17, 15) is 0 Å². The first-order chi connectivity index (χ1) is 9.78. The molecule has 0 saturated heterocycles. The van der Waals surface area contributed by atoms with Crippen LogP contribution in [-0.4, -0.2) is 4.98 Å². The highest BCUT2D eigenvalue weighted by Gasteiger charge is 2.22. The van der Waals surface area contributed by atoms with Crippen LogP contribution >= 0.6 is 11.6 Å². The quantitative estimate of drug-likeness (QED) is 0.916. The summed E-state index contributed by atoms with van der Waals surface area (Å²) >= 11 is 6.05. The number of aryl methyl sites for hydroxylation is 2. The Kier molecular flexibility index (Phi) is 4.04. The van der Waals surface area contributed by atoms with E-state index in [-0.39, 0.29) is 0 Å². The summed E-state index contributed by atoms with van der Waals surface area (Å²) in [7, 11) is 0. The molecule has 0 bridgehead atoms. The molecule has 0 aliphatic heterocycles. The number of nitrogens with one attached hydrogen (secondary N) is 1.